The second kappa shape index (κ2) is 4.49. The zero-order chi connectivity index (χ0) is 14.2. The van der Waals surface area contributed by atoms with Crippen LogP contribution < -0.4 is 0 Å². The zero-order valence-corrected chi connectivity index (χ0v) is 11.2. The van der Waals surface area contributed by atoms with E-state index in [0.717, 1.165) is 27.6 Å². The largest absolute Gasteiger partial charge is 0.346 e. The molecule has 0 amide bonds. The van der Waals surface area contributed by atoms with E-state index in [4.69, 9.17) is 5.26 Å². The molecule has 4 aromatic rings. The number of pyridine rings is 1. The van der Waals surface area contributed by atoms with Gasteiger partial charge in [-0.05, 0) is 12.1 Å². The third-order valence-corrected chi connectivity index (χ3v) is 3.58. The number of nitriles is 1. The minimum Gasteiger partial charge on any atom is -0.346 e. The van der Waals surface area contributed by atoms with E-state index in [1.807, 2.05) is 43.1 Å². The normalized spacial score (nSPS) is 11.2. The Balaban J connectivity index is 1.88. The number of aryl methyl sites for hydroxylation is 1. The Morgan fingerprint density at radius 3 is 3.14 bits per heavy atom. The second-order valence-electron chi connectivity index (χ2n) is 4.86. The molecule has 0 aliphatic heterocycles. The van der Waals surface area contributed by atoms with Crippen LogP contribution in [-0.2, 0) is 6.54 Å². The molecule has 0 bridgehead atoms. The molecule has 0 atom stereocenters. The van der Waals surface area contributed by atoms with Crippen molar-refractivity contribution in [3.63, 3.8) is 0 Å². The van der Waals surface area contributed by atoms with Crippen LogP contribution >= 0.6 is 0 Å². The number of aromatic amines is 1. The lowest BCUT2D eigenvalue weighted by molar-refractivity contribution is 0.627. The summed E-state index contributed by atoms with van der Waals surface area (Å²) in [6, 6.07) is 6.20. The fraction of sp³-hybridized carbons (Fsp3) is 0.133. The van der Waals surface area contributed by atoms with E-state index in [1.165, 1.54) is 0 Å². The minimum atomic E-state index is 0.458. The zero-order valence-electron chi connectivity index (χ0n) is 11.2. The maximum Gasteiger partial charge on any atom is 0.139 e. The van der Waals surface area contributed by atoms with Gasteiger partial charge in [0.1, 0.15) is 5.65 Å². The van der Waals surface area contributed by atoms with Crippen LogP contribution in [0.4, 0.5) is 0 Å². The molecule has 0 radical (unpaired) electrons. The Morgan fingerprint density at radius 2 is 2.24 bits per heavy atom. The lowest BCUT2D eigenvalue weighted by Gasteiger charge is -2.02. The molecular weight excluding hydrogens is 264 g/mol. The van der Waals surface area contributed by atoms with Gasteiger partial charge in [-0.15, -0.1) is 0 Å². The highest BCUT2D eigenvalue weighted by Gasteiger charge is 2.10. The topological polar surface area (TPSA) is 75.2 Å². The molecule has 0 aliphatic carbocycles. The van der Waals surface area contributed by atoms with Crippen LogP contribution in [0.25, 0.3) is 27.6 Å². The molecule has 0 fully saturated rings. The van der Waals surface area contributed by atoms with E-state index in [0.29, 0.717) is 13.0 Å². The Kier molecular flexibility index (Phi) is 2.51. The Bertz CT molecular complexity index is 965. The first-order chi connectivity index (χ1) is 10.4. The van der Waals surface area contributed by atoms with Crippen molar-refractivity contribution in [2.75, 3.05) is 0 Å². The van der Waals surface area contributed by atoms with Crippen LogP contribution in [0, 0.1) is 11.3 Å². The minimum absolute atomic E-state index is 0.458. The highest BCUT2D eigenvalue weighted by atomic mass is 15.3. The van der Waals surface area contributed by atoms with Crippen molar-refractivity contribution in [2.45, 2.75) is 13.0 Å². The summed E-state index contributed by atoms with van der Waals surface area (Å²) in [5.41, 5.74) is 2.97. The van der Waals surface area contributed by atoms with Gasteiger partial charge in [0.05, 0.1) is 36.4 Å². The SMILES string of the molecule is N#CCCn1cc(-n2ccc3cnc4[nH]ccc4c32)cn1. The molecule has 0 aromatic carbocycles. The van der Waals surface area contributed by atoms with Gasteiger partial charge in [-0.2, -0.15) is 10.4 Å². The van der Waals surface area contributed by atoms with Crippen molar-refractivity contribution < 1.29 is 0 Å². The molecule has 1 N–H and O–H groups in total. The van der Waals surface area contributed by atoms with Crippen molar-refractivity contribution in [3.8, 4) is 11.8 Å². The molecule has 4 aromatic heterocycles. The molecule has 0 unspecified atom stereocenters. The van der Waals surface area contributed by atoms with E-state index < -0.39 is 0 Å². The summed E-state index contributed by atoms with van der Waals surface area (Å²) >= 11 is 0. The molecule has 21 heavy (non-hydrogen) atoms. The predicted octanol–water partition coefficient (Wildman–Crippen LogP) is 2.62. The van der Waals surface area contributed by atoms with E-state index >= 15 is 0 Å². The van der Waals surface area contributed by atoms with E-state index in [2.05, 4.69) is 25.7 Å². The molecule has 0 saturated carbocycles. The fourth-order valence-corrected chi connectivity index (χ4v) is 2.61. The van der Waals surface area contributed by atoms with Crippen LogP contribution in [0.1, 0.15) is 6.42 Å². The van der Waals surface area contributed by atoms with Crippen molar-refractivity contribution in [1.29, 1.82) is 5.26 Å². The Hall–Kier alpha value is -3.07. The van der Waals surface area contributed by atoms with Crippen LogP contribution in [0.2, 0.25) is 0 Å². The van der Waals surface area contributed by atoms with Crippen molar-refractivity contribution in [2.24, 2.45) is 0 Å². The summed E-state index contributed by atoms with van der Waals surface area (Å²) in [6.45, 7) is 0.608. The van der Waals surface area contributed by atoms with Gasteiger partial charge in [0, 0.05) is 35.6 Å². The smallest absolute Gasteiger partial charge is 0.139 e. The third kappa shape index (κ3) is 1.79. The number of aromatic nitrogens is 5. The molecule has 0 spiro atoms. The first-order valence-corrected chi connectivity index (χ1v) is 6.70. The summed E-state index contributed by atoms with van der Waals surface area (Å²) in [7, 11) is 0. The molecular formula is C15H12N6. The van der Waals surface area contributed by atoms with Gasteiger partial charge in [0.25, 0.3) is 0 Å². The maximum absolute atomic E-state index is 8.65. The summed E-state index contributed by atoms with van der Waals surface area (Å²) in [5.74, 6) is 0. The lowest BCUT2D eigenvalue weighted by Crippen LogP contribution is -1.97. The third-order valence-electron chi connectivity index (χ3n) is 3.58. The Labute approximate surface area is 120 Å². The maximum atomic E-state index is 8.65. The predicted molar refractivity (Wildman–Crippen MR) is 78.9 cm³/mol. The summed E-state index contributed by atoms with van der Waals surface area (Å²) in [4.78, 5) is 7.53. The first kappa shape index (κ1) is 11.7. The number of H-pyrrole nitrogens is 1. The van der Waals surface area contributed by atoms with Gasteiger partial charge in [-0.3, -0.25) is 4.68 Å². The fourth-order valence-electron chi connectivity index (χ4n) is 2.61. The Morgan fingerprint density at radius 1 is 1.29 bits per heavy atom. The number of hydrogen-bond acceptors (Lipinski definition) is 3. The molecule has 102 valence electrons. The van der Waals surface area contributed by atoms with Crippen LogP contribution in [-0.4, -0.2) is 24.3 Å². The van der Waals surface area contributed by atoms with Crippen LogP contribution in [0.5, 0.6) is 0 Å². The van der Waals surface area contributed by atoms with E-state index in [1.54, 1.807) is 4.68 Å². The number of nitrogens with one attached hydrogen (secondary N) is 1. The summed E-state index contributed by atoms with van der Waals surface area (Å²) in [6.07, 6.45) is 10.0. The van der Waals surface area contributed by atoms with E-state index in [-0.39, 0.29) is 0 Å². The summed E-state index contributed by atoms with van der Waals surface area (Å²) in [5, 5.41) is 15.1. The van der Waals surface area contributed by atoms with Gasteiger partial charge >= 0.3 is 0 Å². The van der Waals surface area contributed by atoms with Crippen molar-refractivity contribution in [3.05, 3.63) is 43.1 Å². The average Bonchev–Trinajstić information content (AvgIpc) is 3.21. The second-order valence-corrected chi connectivity index (χ2v) is 4.86. The molecule has 6 nitrogen and oxygen atoms in total. The monoisotopic (exact) mass is 276 g/mol. The first-order valence-electron chi connectivity index (χ1n) is 6.70. The molecule has 0 aliphatic rings. The van der Waals surface area contributed by atoms with Crippen LogP contribution in [0.3, 0.4) is 0 Å². The van der Waals surface area contributed by atoms with Gasteiger partial charge in [-0.1, -0.05) is 0 Å². The van der Waals surface area contributed by atoms with Gasteiger partial charge in [-0.25, -0.2) is 4.98 Å². The molecule has 0 saturated heterocycles. The molecule has 6 heteroatoms. The quantitative estimate of drug-likeness (QED) is 0.625. The number of fused-ring (bicyclic) bond motifs is 3. The highest BCUT2D eigenvalue weighted by Crippen LogP contribution is 2.26. The molecule has 4 heterocycles. The van der Waals surface area contributed by atoms with Crippen molar-refractivity contribution in [1.82, 2.24) is 24.3 Å². The average molecular weight is 276 g/mol. The molecule has 4 rings (SSSR count). The highest BCUT2D eigenvalue weighted by molar-refractivity contribution is 6.03. The standard InChI is InChI=1S/C15H12N6/c16-4-1-6-20-10-12(9-19-20)21-7-3-11-8-18-15-13(14(11)21)2-5-17-15/h2-3,5,7-10H,1,6H2,(H,17,18). The lowest BCUT2D eigenvalue weighted by atomic mass is 10.2. The number of hydrogen-bond donors (Lipinski definition) is 1. The number of nitrogens with zero attached hydrogens (tertiary/aromatic N) is 5. The van der Waals surface area contributed by atoms with Gasteiger partial charge in [0.2, 0.25) is 0 Å². The van der Waals surface area contributed by atoms with Crippen molar-refractivity contribution >= 4 is 21.9 Å². The number of rotatable bonds is 3. The van der Waals surface area contributed by atoms with E-state index in [9.17, 15) is 0 Å². The summed E-state index contributed by atoms with van der Waals surface area (Å²) < 4.78 is 3.89. The van der Waals surface area contributed by atoms with Gasteiger partial charge in [0.15, 0.2) is 0 Å². The van der Waals surface area contributed by atoms with Gasteiger partial charge < -0.3 is 9.55 Å². The van der Waals surface area contributed by atoms with Crippen LogP contribution in [0.15, 0.2) is 43.1 Å².